The quantitative estimate of drug-likeness (QED) is 0.539. The van der Waals surface area contributed by atoms with Crippen molar-refractivity contribution in [2.45, 2.75) is 19.6 Å². The van der Waals surface area contributed by atoms with E-state index in [1.165, 1.54) is 4.90 Å². The molecule has 1 N–H and O–H groups in total. The van der Waals surface area contributed by atoms with Crippen LogP contribution in [0.15, 0.2) is 42.5 Å². The second-order valence-corrected chi connectivity index (χ2v) is 9.27. The number of piperazine rings is 1. The number of carbonyl (C=O) groups is 2. The molecule has 1 atom stereocenters. The Morgan fingerprint density at radius 1 is 1.14 bits per heavy atom. The van der Waals surface area contributed by atoms with Gasteiger partial charge in [0.25, 0.3) is 0 Å². The largest absolute Gasteiger partial charge is 0.442 e. The summed E-state index contributed by atoms with van der Waals surface area (Å²) >= 11 is 4.95. The molecule has 2 aromatic carbocycles. The monoisotopic (exact) mass is 518 g/mol. The summed E-state index contributed by atoms with van der Waals surface area (Å²) < 4.78 is 40.8. The van der Waals surface area contributed by atoms with E-state index in [0.29, 0.717) is 31.2 Å². The highest BCUT2D eigenvalue weighted by atomic mass is 32.1. The number of rotatable bonds is 8. The highest BCUT2D eigenvalue weighted by Gasteiger charge is 2.34. The number of halogens is 2. The second-order valence-electron chi connectivity index (χ2n) is 8.66. The number of cyclic esters (lactones) is 1. The Labute approximate surface area is 213 Å². The SMILES string of the molecule is CC(=S)NC[C@H]1CN(c2cc(F)c(N3CCN(C(=O)COCc4ccccc4)CC3)c(F)c2)C(=O)O1. The van der Waals surface area contributed by atoms with Crippen LogP contribution in [0.5, 0.6) is 0 Å². The first-order valence-electron chi connectivity index (χ1n) is 11.7. The van der Waals surface area contributed by atoms with Crippen LogP contribution in [-0.4, -0.2) is 73.9 Å². The predicted molar refractivity (Wildman–Crippen MR) is 135 cm³/mol. The summed E-state index contributed by atoms with van der Waals surface area (Å²) in [6, 6.07) is 11.8. The minimum atomic E-state index is -0.778. The number of hydrogen-bond acceptors (Lipinski definition) is 6. The number of ether oxygens (including phenoxy) is 2. The minimum absolute atomic E-state index is 0.0567. The van der Waals surface area contributed by atoms with Gasteiger partial charge in [-0.05, 0) is 12.5 Å². The molecular formula is C25H28F2N4O4S. The van der Waals surface area contributed by atoms with Gasteiger partial charge >= 0.3 is 6.09 Å². The first-order chi connectivity index (χ1) is 17.3. The fourth-order valence-corrected chi connectivity index (χ4v) is 4.29. The van der Waals surface area contributed by atoms with Crippen LogP contribution in [0.4, 0.5) is 25.0 Å². The lowest BCUT2D eigenvalue weighted by atomic mass is 10.2. The minimum Gasteiger partial charge on any atom is -0.442 e. The maximum Gasteiger partial charge on any atom is 0.414 e. The van der Waals surface area contributed by atoms with Gasteiger partial charge in [0, 0.05) is 38.3 Å². The molecule has 0 aromatic heterocycles. The first kappa shape index (κ1) is 25.8. The molecule has 2 aromatic rings. The average Bonchev–Trinajstić information content (AvgIpc) is 3.24. The number of benzene rings is 2. The van der Waals surface area contributed by atoms with Crippen molar-refractivity contribution in [2.24, 2.45) is 0 Å². The molecule has 2 heterocycles. The maximum absolute atomic E-state index is 15.0. The molecule has 0 unspecified atom stereocenters. The van der Waals surface area contributed by atoms with Crippen LogP contribution >= 0.6 is 12.2 Å². The van der Waals surface area contributed by atoms with E-state index >= 15 is 8.78 Å². The van der Waals surface area contributed by atoms with E-state index in [4.69, 9.17) is 21.7 Å². The molecule has 0 bridgehead atoms. The van der Waals surface area contributed by atoms with Crippen LogP contribution in [0.25, 0.3) is 0 Å². The fraction of sp³-hybridized carbons (Fsp3) is 0.400. The molecular weight excluding hydrogens is 490 g/mol. The van der Waals surface area contributed by atoms with Crippen molar-refractivity contribution in [1.82, 2.24) is 10.2 Å². The van der Waals surface area contributed by atoms with E-state index < -0.39 is 23.8 Å². The van der Waals surface area contributed by atoms with E-state index in [1.54, 1.807) is 16.7 Å². The van der Waals surface area contributed by atoms with Crippen LogP contribution < -0.4 is 15.1 Å². The Morgan fingerprint density at radius 2 is 1.81 bits per heavy atom. The maximum atomic E-state index is 15.0. The summed E-state index contributed by atoms with van der Waals surface area (Å²) in [5.41, 5.74) is 0.891. The highest BCUT2D eigenvalue weighted by Crippen LogP contribution is 2.31. The van der Waals surface area contributed by atoms with Crippen molar-refractivity contribution >= 4 is 40.6 Å². The third-order valence-electron chi connectivity index (χ3n) is 6.05. The van der Waals surface area contributed by atoms with Gasteiger partial charge in [-0.1, -0.05) is 42.5 Å². The van der Waals surface area contributed by atoms with Gasteiger partial charge in [-0.25, -0.2) is 13.6 Å². The van der Waals surface area contributed by atoms with E-state index in [0.717, 1.165) is 17.7 Å². The third-order valence-corrected chi connectivity index (χ3v) is 6.20. The van der Waals surface area contributed by atoms with Crippen LogP contribution in [0.1, 0.15) is 12.5 Å². The van der Waals surface area contributed by atoms with Gasteiger partial charge in [0.2, 0.25) is 5.91 Å². The summed E-state index contributed by atoms with van der Waals surface area (Å²) in [6.07, 6.45) is -1.15. The molecule has 36 heavy (non-hydrogen) atoms. The van der Waals surface area contributed by atoms with Crippen molar-refractivity contribution in [2.75, 3.05) is 55.7 Å². The molecule has 2 aliphatic heterocycles. The van der Waals surface area contributed by atoms with Gasteiger partial charge < -0.3 is 24.6 Å². The average molecular weight is 519 g/mol. The molecule has 0 spiro atoms. The van der Waals surface area contributed by atoms with E-state index in [-0.39, 0.29) is 43.5 Å². The molecule has 0 saturated carbocycles. The van der Waals surface area contributed by atoms with Crippen LogP contribution in [0.3, 0.4) is 0 Å². The smallest absolute Gasteiger partial charge is 0.414 e. The molecule has 8 nitrogen and oxygen atoms in total. The van der Waals surface area contributed by atoms with Crippen LogP contribution in [0.2, 0.25) is 0 Å². The van der Waals surface area contributed by atoms with Crippen molar-refractivity contribution in [1.29, 1.82) is 0 Å². The lowest BCUT2D eigenvalue weighted by molar-refractivity contribution is -0.136. The highest BCUT2D eigenvalue weighted by molar-refractivity contribution is 7.80. The summed E-state index contributed by atoms with van der Waals surface area (Å²) in [5.74, 6) is -1.72. The zero-order valence-electron chi connectivity index (χ0n) is 19.9. The van der Waals surface area contributed by atoms with Crippen molar-refractivity contribution in [3.63, 3.8) is 0 Å². The standard InChI is InChI=1S/C25H28F2N4O4S/c1-17(36)28-13-20-14-31(25(33)35-20)19-11-21(26)24(22(27)12-19)30-9-7-29(8-10-30)23(32)16-34-15-18-5-3-2-4-6-18/h2-6,11-12,20H,7-10,13-16H2,1H3,(H,28,36)/t20-/m0/s1. The Hall–Kier alpha value is -3.31. The summed E-state index contributed by atoms with van der Waals surface area (Å²) in [5, 5.41) is 2.92. The topological polar surface area (TPSA) is 74.4 Å². The summed E-state index contributed by atoms with van der Waals surface area (Å²) in [6.45, 7) is 3.65. The van der Waals surface area contributed by atoms with Crippen LogP contribution in [-0.2, 0) is 20.9 Å². The summed E-state index contributed by atoms with van der Waals surface area (Å²) in [7, 11) is 0. The van der Waals surface area contributed by atoms with Crippen molar-refractivity contribution < 1.29 is 27.8 Å². The number of nitrogens with one attached hydrogen (secondary N) is 1. The van der Waals surface area contributed by atoms with Gasteiger partial charge in [-0.3, -0.25) is 9.69 Å². The van der Waals surface area contributed by atoms with Gasteiger partial charge in [0.1, 0.15) is 18.4 Å². The number of anilines is 2. The molecule has 4 rings (SSSR count). The zero-order chi connectivity index (χ0) is 25.7. The summed E-state index contributed by atoms with van der Waals surface area (Å²) in [4.78, 5) is 29.7. The number of thiocarbonyl (C=S) groups is 1. The number of nitrogens with zero attached hydrogens (tertiary/aromatic N) is 3. The molecule has 2 fully saturated rings. The lowest BCUT2D eigenvalue weighted by Crippen LogP contribution is -2.50. The normalized spacial score (nSPS) is 17.8. The molecule has 2 aliphatic rings. The van der Waals surface area contributed by atoms with Gasteiger partial charge in [0.05, 0.1) is 30.4 Å². The molecule has 192 valence electrons. The Bertz CT molecular complexity index is 1090. The van der Waals surface area contributed by atoms with Crippen molar-refractivity contribution in [3.05, 3.63) is 59.7 Å². The van der Waals surface area contributed by atoms with E-state index in [9.17, 15) is 9.59 Å². The van der Waals surface area contributed by atoms with Gasteiger partial charge in [0.15, 0.2) is 11.6 Å². The number of amides is 2. The van der Waals surface area contributed by atoms with Crippen LogP contribution in [0, 0.1) is 11.6 Å². The lowest BCUT2D eigenvalue weighted by Gasteiger charge is -2.36. The third kappa shape index (κ3) is 6.27. The van der Waals surface area contributed by atoms with Gasteiger partial charge in [-0.2, -0.15) is 0 Å². The van der Waals surface area contributed by atoms with E-state index in [2.05, 4.69) is 5.32 Å². The van der Waals surface area contributed by atoms with E-state index in [1.807, 2.05) is 30.3 Å². The number of carbonyl (C=O) groups excluding carboxylic acids is 2. The van der Waals surface area contributed by atoms with Crippen molar-refractivity contribution in [3.8, 4) is 0 Å². The Kier molecular flexibility index (Phi) is 8.32. The second kappa shape index (κ2) is 11.6. The Morgan fingerprint density at radius 3 is 2.44 bits per heavy atom. The Balaban J connectivity index is 1.31. The molecule has 2 amide bonds. The first-order valence-corrected chi connectivity index (χ1v) is 12.1. The fourth-order valence-electron chi connectivity index (χ4n) is 4.21. The predicted octanol–water partition coefficient (Wildman–Crippen LogP) is 3.09. The molecule has 0 radical (unpaired) electrons. The molecule has 11 heteroatoms. The molecule has 0 aliphatic carbocycles. The molecule has 2 saturated heterocycles. The zero-order valence-corrected chi connectivity index (χ0v) is 20.7. The van der Waals surface area contributed by atoms with Gasteiger partial charge in [-0.15, -0.1) is 0 Å². The number of hydrogen-bond donors (Lipinski definition) is 1.